The summed E-state index contributed by atoms with van der Waals surface area (Å²) in [5, 5.41) is 9.28. The lowest BCUT2D eigenvalue weighted by atomic mass is 10.1. The molecule has 1 N–H and O–H groups in total. The minimum atomic E-state index is -0.365. The zero-order valence-corrected chi connectivity index (χ0v) is 13.1. The smallest absolute Gasteiger partial charge is 0.261 e. The largest absolute Gasteiger partial charge is 0.508 e. The van der Waals surface area contributed by atoms with Crippen LogP contribution in [0.25, 0.3) is 0 Å². The summed E-state index contributed by atoms with van der Waals surface area (Å²) in [7, 11) is 1.61. The molecule has 6 heteroatoms. The average molecular weight is 324 g/mol. The fourth-order valence-corrected chi connectivity index (χ4v) is 2.64. The number of phenolic OH excluding ortho intramolecular Hbond substituents is 1. The van der Waals surface area contributed by atoms with Crippen LogP contribution in [0.1, 0.15) is 27.1 Å². The minimum Gasteiger partial charge on any atom is -0.508 e. The molecule has 1 aliphatic rings. The number of hydrogen-bond donors (Lipinski definition) is 1. The summed E-state index contributed by atoms with van der Waals surface area (Å²) in [6, 6.07) is 12.9. The molecule has 0 aliphatic carbocycles. The molecule has 0 bridgehead atoms. The molecule has 0 aromatic heterocycles. The number of benzene rings is 2. The van der Waals surface area contributed by atoms with E-state index in [-0.39, 0.29) is 36.4 Å². The van der Waals surface area contributed by atoms with Crippen LogP contribution in [-0.2, 0) is 4.79 Å². The Morgan fingerprint density at radius 1 is 1.00 bits per heavy atom. The number of amides is 3. The van der Waals surface area contributed by atoms with Crippen LogP contribution in [0.4, 0.5) is 5.69 Å². The van der Waals surface area contributed by atoms with E-state index in [4.69, 9.17) is 0 Å². The van der Waals surface area contributed by atoms with E-state index in [1.54, 1.807) is 43.4 Å². The Balaban J connectivity index is 1.66. The van der Waals surface area contributed by atoms with E-state index >= 15 is 0 Å². The highest BCUT2D eigenvalue weighted by Gasteiger charge is 2.35. The maximum absolute atomic E-state index is 12.3. The summed E-state index contributed by atoms with van der Waals surface area (Å²) in [6.07, 6.45) is 0.0306. The number of rotatable bonds is 4. The molecule has 2 aromatic carbocycles. The zero-order chi connectivity index (χ0) is 17.3. The summed E-state index contributed by atoms with van der Waals surface area (Å²) in [6.45, 7) is 0.0353. The number of fused-ring (bicyclic) bond motifs is 1. The average Bonchev–Trinajstić information content (AvgIpc) is 2.84. The molecule has 3 amide bonds. The molecular weight excluding hydrogens is 308 g/mol. The molecular formula is C18H16N2O4. The summed E-state index contributed by atoms with van der Waals surface area (Å²) in [5.74, 6) is -0.839. The summed E-state index contributed by atoms with van der Waals surface area (Å²) >= 11 is 0. The van der Waals surface area contributed by atoms with Crippen molar-refractivity contribution >= 4 is 23.4 Å². The van der Waals surface area contributed by atoms with E-state index in [2.05, 4.69) is 0 Å². The molecule has 0 saturated heterocycles. The first-order valence-electron chi connectivity index (χ1n) is 7.50. The van der Waals surface area contributed by atoms with E-state index in [1.165, 1.54) is 17.0 Å². The van der Waals surface area contributed by atoms with Crippen molar-refractivity contribution in [3.05, 3.63) is 59.7 Å². The van der Waals surface area contributed by atoms with Crippen LogP contribution in [0.15, 0.2) is 48.5 Å². The van der Waals surface area contributed by atoms with Gasteiger partial charge in [0.1, 0.15) is 5.75 Å². The number of nitrogens with zero attached hydrogens (tertiary/aromatic N) is 2. The van der Waals surface area contributed by atoms with Gasteiger partial charge in [-0.2, -0.15) is 0 Å². The van der Waals surface area contributed by atoms with Crippen molar-refractivity contribution in [1.82, 2.24) is 4.90 Å². The van der Waals surface area contributed by atoms with Gasteiger partial charge in [0.2, 0.25) is 5.91 Å². The van der Waals surface area contributed by atoms with Crippen LogP contribution in [0.2, 0.25) is 0 Å². The maximum Gasteiger partial charge on any atom is 0.261 e. The second-order valence-corrected chi connectivity index (χ2v) is 5.53. The van der Waals surface area contributed by atoms with Crippen molar-refractivity contribution in [1.29, 1.82) is 0 Å². The van der Waals surface area contributed by atoms with Gasteiger partial charge in [-0.25, -0.2) is 0 Å². The van der Waals surface area contributed by atoms with Gasteiger partial charge in [-0.15, -0.1) is 0 Å². The minimum absolute atomic E-state index is 0.0306. The first kappa shape index (κ1) is 15.7. The van der Waals surface area contributed by atoms with Crippen molar-refractivity contribution in [2.45, 2.75) is 6.42 Å². The molecule has 0 atom stereocenters. The maximum atomic E-state index is 12.3. The van der Waals surface area contributed by atoms with E-state index in [9.17, 15) is 19.5 Å². The van der Waals surface area contributed by atoms with Crippen LogP contribution >= 0.6 is 0 Å². The molecule has 1 heterocycles. The molecule has 0 radical (unpaired) electrons. The summed E-state index contributed by atoms with van der Waals surface area (Å²) in [4.78, 5) is 39.3. The molecule has 0 fully saturated rings. The quantitative estimate of drug-likeness (QED) is 0.873. The van der Waals surface area contributed by atoms with Gasteiger partial charge < -0.3 is 10.0 Å². The zero-order valence-electron chi connectivity index (χ0n) is 13.1. The normalized spacial score (nSPS) is 13.1. The first-order chi connectivity index (χ1) is 11.5. The molecule has 0 spiro atoms. The third-order valence-corrected chi connectivity index (χ3v) is 4.04. The molecule has 3 rings (SSSR count). The van der Waals surface area contributed by atoms with Crippen molar-refractivity contribution in [2.24, 2.45) is 0 Å². The number of carbonyl (C=O) groups excluding carboxylic acids is 3. The van der Waals surface area contributed by atoms with Gasteiger partial charge in [0.25, 0.3) is 11.8 Å². The van der Waals surface area contributed by atoms with Gasteiger partial charge >= 0.3 is 0 Å². The highest BCUT2D eigenvalue weighted by molar-refractivity contribution is 6.21. The third kappa shape index (κ3) is 2.74. The SMILES string of the molecule is CN(C(=O)CCN1C(=O)c2ccccc2C1=O)c1ccc(O)cc1. The predicted molar refractivity (Wildman–Crippen MR) is 87.9 cm³/mol. The molecule has 0 unspecified atom stereocenters. The monoisotopic (exact) mass is 324 g/mol. The second kappa shape index (κ2) is 6.16. The standard InChI is InChI=1S/C18H16N2O4/c1-19(12-6-8-13(21)9-7-12)16(22)10-11-20-17(23)14-4-2-3-5-15(14)18(20)24/h2-9,21H,10-11H2,1H3. The highest BCUT2D eigenvalue weighted by atomic mass is 16.3. The van der Waals surface area contributed by atoms with E-state index in [1.807, 2.05) is 0 Å². The van der Waals surface area contributed by atoms with Crippen molar-refractivity contribution < 1.29 is 19.5 Å². The lowest BCUT2D eigenvalue weighted by Gasteiger charge is -2.19. The Hall–Kier alpha value is -3.15. The van der Waals surface area contributed by atoms with Crippen LogP contribution in [-0.4, -0.2) is 41.3 Å². The third-order valence-electron chi connectivity index (χ3n) is 4.04. The molecule has 6 nitrogen and oxygen atoms in total. The Bertz CT molecular complexity index is 779. The predicted octanol–water partition coefficient (Wildman–Crippen LogP) is 2.04. The molecule has 24 heavy (non-hydrogen) atoms. The molecule has 1 aliphatic heterocycles. The van der Waals surface area contributed by atoms with Crippen LogP contribution in [0, 0.1) is 0 Å². The lowest BCUT2D eigenvalue weighted by molar-refractivity contribution is -0.118. The lowest BCUT2D eigenvalue weighted by Crippen LogP contribution is -2.35. The van der Waals surface area contributed by atoms with Crippen molar-refractivity contribution in [3.63, 3.8) is 0 Å². The van der Waals surface area contributed by atoms with Crippen LogP contribution in [0.5, 0.6) is 5.75 Å². The fraction of sp³-hybridized carbons (Fsp3) is 0.167. The number of phenols is 1. The Morgan fingerprint density at radius 3 is 2.08 bits per heavy atom. The number of hydrogen-bond acceptors (Lipinski definition) is 4. The van der Waals surface area contributed by atoms with Crippen LogP contribution < -0.4 is 4.90 Å². The number of imide groups is 1. The van der Waals surface area contributed by atoms with Gasteiger partial charge in [-0.1, -0.05) is 12.1 Å². The summed E-state index contributed by atoms with van der Waals surface area (Å²) in [5.41, 5.74) is 1.38. The van der Waals surface area contributed by atoms with E-state index in [0.29, 0.717) is 16.8 Å². The van der Waals surface area contributed by atoms with Crippen molar-refractivity contribution in [2.75, 3.05) is 18.5 Å². The van der Waals surface area contributed by atoms with Crippen LogP contribution in [0.3, 0.4) is 0 Å². The number of carbonyl (C=O) groups is 3. The molecule has 122 valence electrons. The van der Waals surface area contributed by atoms with Gasteiger partial charge in [-0.05, 0) is 36.4 Å². The van der Waals surface area contributed by atoms with E-state index < -0.39 is 0 Å². The fourth-order valence-electron chi connectivity index (χ4n) is 2.64. The highest BCUT2D eigenvalue weighted by Crippen LogP contribution is 2.23. The van der Waals surface area contributed by atoms with Gasteiger partial charge in [0, 0.05) is 25.7 Å². The van der Waals surface area contributed by atoms with Gasteiger partial charge in [-0.3, -0.25) is 19.3 Å². The first-order valence-corrected chi connectivity index (χ1v) is 7.50. The topological polar surface area (TPSA) is 77.9 Å². The molecule has 2 aromatic rings. The Morgan fingerprint density at radius 2 is 1.54 bits per heavy atom. The van der Waals surface area contributed by atoms with Crippen molar-refractivity contribution in [3.8, 4) is 5.75 Å². The Kier molecular flexibility index (Phi) is 4.04. The van der Waals surface area contributed by atoms with Gasteiger partial charge in [0.15, 0.2) is 0 Å². The van der Waals surface area contributed by atoms with E-state index in [0.717, 1.165) is 4.90 Å². The Labute approximate surface area is 138 Å². The molecule has 0 saturated carbocycles. The number of aromatic hydroxyl groups is 1. The van der Waals surface area contributed by atoms with Gasteiger partial charge in [0.05, 0.1) is 11.1 Å². The number of anilines is 1. The summed E-state index contributed by atoms with van der Waals surface area (Å²) < 4.78 is 0. The second-order valence-electron chi connectivity index (χ2n) is 5.53.